The average Bonchev–Trinajstić information content (AvgIpc) is 2.73. The molecule has 1 saturated carbocycles. The predicted molar refractivity (Wildman–Crippen MR) is 118 cm³/mol. The van der Waals surface area contributed by atoms with Crippen molar-refractivity contribution < 1.29 is 19.1 Å². The van der Waals surface area contributed by atoms with Crippen molar-refractivity contribution in [3.05, 3.63) is 29.8 Å². The quantitative estimate of drug-likeness (QED) is 0.658. The summed E-state index contributed by atoms with van der Waals surface area (Å²) in [5.41, 5.74) is 1.69. The monoisotopic (exact) mass is 416 g/mol. The van der Waals surface area contributed by atoms with Gasteiger partial charge < -0.3 is 19.3 Å². The van der Waals surface area contributed by atoms with Gasteiger partial charge in [-0.2, -0.15) is 0 Å². The molecule has 1 aliphatic carbocycles. The average molecular weight is 417 g/mol. The SMILES string of the molecule is COC(=O)c1ccc(N2CCC3(CCC(N(C)C(=O)OC(C)(C)C)CC3)CC2)cc1. The first-order valence-electron chi connectivity index (χ1n) is 11.0. The van der Waals surface area contributed by atoms with Crippen molar-refractivity contribution in [2.75, 3.05) is 32.1 Å². The van der Waals surface area contributed by atoms with Gasteiger partial charge in [0.15, 0.2) is 0 Å². The number of amides is 1. The molecular formula is C24H36N2O4. The van der Waals surface area contributed by atoms with Crippen LogP contribution in [-0.4, -0.2) is 55.9 Å². The second kappa shape index (κ2) is 8.86. The Balaban J connectivity index is 1.51. The maximum Gasteiger partial charge on any atom is 0.410 e. The molecule has 1 saturated heterocycles. The van der Waals surface area contributed by atoms with Crippen LogP contribution in [0.5, 0.6) is 0 Å². The molecule has 1 aliphatic heterocycles. The smallest absolute Gasteiger partial charge is 0.410 e. The van der Waals surface area contributed by atoms with Gasteiger partial charge in [0.25, 0.3) is 0 Å². The minimum Gasteiger partial charge on any atom is -0.465 e. The molecule has 0 unspecified atom stereocenters. The van der Waals surface area contributed by atoms with Crippen LogP contribution >= 0.6 is 0 Å². The highest BCUT2D eigenvalue weighted by Crippen LogP contribution is 2.46. The van der Waals surface area contributed by atoms with Crippen LogP contribution in [0, 0.1) is 5.41 Å². The Hall–Kier alpha value is -2.24. The minimum atomic E-state index is -0.455. The van der Waals surface area contributed by atoms with Crippen LogP contribution in [0.3, 0.4) is 0 Å². The van der Waals surface area contributed by atoms with Crippen molar-refractivity contribution in [1.82, 2.24) is 4.90 Å². The topological polar surface area (TPSA) is 59.1 Å². The van der Waals surface area contributed by atoms with Crippen LogP contribution < -0.4 is 4.90 Å². The van der Waals surface area contributed by atoms with Gasteiger partial charge in [0, 0.05) is 31.9 Å². The van der Waals surface area contributed by atoms with Crippen LogP contribution in [-0.2, 0) is 9.47 Å². The molecule has 166 valence electrons. The number of benzene rings is 1. The number of hydrogen-bond acceptors (Lipinski definition) is 5. The van der Waals surface area contributed by atoms with E-state index in [0.717, 1.165) is 31.6 Å². The second-order valence-electron chi connectivity index (χ2n) is 9.85. The molecule has 1 heterocycles. The number of carbonyl (C=O) groups is 2. The zero-order chi connectivity index (χ0) is 21.9. The van der Waals surface area contributed by atoms with E-state index >= 15 is 0 Å². The van der Waals surface area contributed by atoms with Crippen molar-refractivity contribution in [2.45, 2.75) is 70.9 Å². The molecule has 30 heavy (non-hydrogen) atoms. The third-order valence-electron chi connectivity index (χ3n) is 6.72. The normalized spacial score (nSPS) is 19.4. The Bertz CT molecular complexity index is 735. The molecular weight excluding hydrogens is 380 g/mol. The van der Waals surface area contributed by atoms with E-state index in [9.17, 15) is 9.59 Å². The predicted octanol–water partition coefficient (Wildman–Crippen LogP) is 4.87. The number of piperidine rings is 1. The molecule has 1 spiro atoms. The van der Waals surface area contributed by atoms with E-state index in [4.69, 9.17) is 9.47 Å². The van der Waals surface area contributed by atoms with Gasteiger partial charge in [-0.3, -0.25) is 0 Å². The number of hydrogen-bond donors (Lipinski definition) is 0. The lowest BCUT2D eigenvalue weighted by molar-refractivity contribution is 0.0105. The fourth-order valence-electron chi connectivity index (χ4n) is 4.75. The Kier molecular flexibility index (Phi) is 6.63. The van der Waals surface area contributed by atoms with Gasteiger partial charge in [0.2, 0.25) is 0 Å². The molecule has 1 aromatic carbocycles. The summed E-state index contributed by atoms with van der Waals surface area (Å²) in [5, 5.41) is 0. The Morgan fingerprint density at radius 2 is 1.60 bits per heavy atom. The van der Waals surface area contributed by atoms with E-state index in [2.05, 4.69) is 4.90 Å². The van der Waals surface area contributed by atoms with E-state index in [0.29, 0.717) is 11.0 Å². The summed E-state index contributed by atoms with van der Waals surface area (Å²) in [7, 11) is 3.28. The molecule has 6 heteroatoms. The van der Waals surface area contributed by atoms with Crippen LogP contribution in [0.1, 0.15) is 69.7 Å². The lowest BCUT2D eigenvalue weighted by atomic mass is 9.66. The first kappa shape index (κ1) is 22.4. The van der Waals surface area contributed by atoms with E-state index in [1.807, 2.05) is 52.1 Å². The number of anilines is 1. The molecule has 1 aromatic rings. The van der Waals surface area contributed by atoms with Crippen LogP contribution in [0.4, 0.5) is 10.5 Å². The maximum atomic E-state index is 12.4. The second-order valence-corrected chi connectivity index (χ2v) is 9.85. The Labute approximate surface area is 180 Å². The highest BCUT2D eigenvalue weighted by molar-refractivity contribution is 5.89. The highest BCUT2D eigenvalue weighted by atomic mass is 16.6. The number of nitrogens with zero attached hydrogens (tertiary/aromatic N) is 2. The van der Waals surface area contributed by atoms with Gasteiger partial charge in [-0.05, 0) is 89.0 Å². The van der Waals surface area contributed by atoms with Gasteiger partial charge >= 0.3 is 12.1 Å². The summed E-state index contributed by atoms with van der Waals surface area (Å²) in [4.78, 5) is 28.2. The number of rotatable bonds is 3. The summed E-state index contributed by atoms with van der Waals surface area (Å²) in [6.45, 7) is 7.79. The molecule has 0 aromatic heterocycles. The summed E-state index contributed by atoms with van der Waals surface area (Å²) >= 11 is 0. The minimum absolute atomic E-state index is 0.214. The van der Waals surface area contributed by atoms with Gasteiger partial charge in [0.05, 0.1) is 12.7 Å². The molecule has 0 radical (unpaired) electrons. The molecule has 3 rings (SSSR count). The Morgan fingerprint density at radius 1 is 1.03 bits per heavy atom. The standard InChI is InChI=1S/C24H36N2O4/c1-23(2,3)30-22(28)25(4)19-10-12-24(13-11-19)14-16-26(17-15-24)20-8-6-18(7-9-20)21(27)29-5/h6-9,19H,10-17H2,1-5H3. The largest absolute Gasteiger partial charge is 0.465 e. The third kappa shape index (κ3) is 5.27. The molecule has 0 N–H and O–H groups in total. The van der Waals surface area contributed by atoms with E-state index in [-0.39, 0.29) is 18.1 Å². The van der Waals surface area contributed by atoms with Crippen LogP contribution in [0.2, 0.25) is 0 Å². The van der Waals surface area contributed by atoms with Gasteiger partial charge in [0.1, 0.15) is 5.60 Å². The van der Waals surface area contributed by atoms with Crippen molar-refractivity contribution >= 4 is 17.7 Å². The van der Waals surface area contributed by atoms with Gasteiger partial charge in [-0.15, -0.1) is 0 Å². The molecule has 2 aliphatic rings. The third-order valence-corrected chi connectivity index (χ3v) is 6.72. The molecule has 0 bridgehead atoms. The fraction of sp³-hybridized carbons (Fsp3) is 0.667. The zero-order valence-corrected chi connectivity index (χ0v) is 19.1. The molecule has 6 nitrogen and oxygen atoms in total. The molecule has 2 fully saturated rings. The van der Waals surface area contributed by atoms with Gasteiger partial charge in [-0.1, -0.05) is 0 Å². The van der Waals surface area contributed by atoms with Crippen LogP contribution in [0.15, 0.2) is 24.3 Å². The van der Waals surface area contributed by atoms with Crippen molar-refractivity contribution in [3.63, 3.8) is 0 Å². The highest BCUT2D eigenvalue weighted by Gasteiger charge is 2.40. The summed E-state index contributed by atoms with van der Waals surface area (Å²) in [5.74, 6) is -0.299. The van der Waals surface area contributed by atoms with Crippen molar-refractivity contribution in [2.24, 2.45) is 5.41 Å². The van der Waals surface area contributed by atoms with Crippen molar-refractivity contribution in [3.8, 4) is 0 Å². The number of carbonyl (C=O) groups excluding carboxylic acids is 2. The van der Waals surface area contributed by atoms with E-state index < -0.39 is 5.60 Å². The Morgan fingerprint density at radius 3 is 2.10 bits per heavy atom. The lowest BCUT2D eigenvalue weighted by Gasteiger charge is -2.47. The van der Waals surface area contributed by atoms with Crippen molar-refractivity contribution in [1.29, 1.82) is 0 Å². The number of esters is 1. The maximum absolute atomic E-state index is 12.4. The number of ether oxygens (including phenoxy) is 2. The summed E-state index contributed by atoms with van der Waals surface area (Å²) in [6.07, 6.45) is 6.56. The van der Waals surface area contributed by atoms with E-state index in [1.165, 1.54) is 32.8 Å². The zero-order valence-electron chi connectivity index (χ0n) is 19.1. The van der Waals surface area contributed by atoms with E-state index in [1.54, 1.807) is 4.90 Å². The summed E-state index contributed by atoms with van der Waals surface area (Å²) < 4.78 is 10.3. The van der Waals surface area contributed by atoms with Gasteiger partial charge in [-0.25, -0.2) is 9.59 Å². The first-order chi connectivity index (χ1) is 14.1. The lowest BCUT2D eigenvalue weighted by Crippen LogP contribution is -2.47. The van der Waals surface area contributed by atoms with Crippen LogP contribution in [0.25, 0.3) is 0 Å². The number of methoxy groups -OCH3 is 1. The fourth-order valence-corrected chi connectivity index (χ4v) is 4.75. The first-order valence-corrected chi connectivity index (χ1v) is 11.0. The molecule has 0 atom stereocenters. The summed E-state index contributed by atoms with van der Waals surface area (Å²) in [6, 6.07) is 7.97. The molecule has 1 amide bonds.